The van der Waals surface area contributed by atoms with E-state index in [2.05, 4.69) is 16.7 Å². The number of allylic oxidation sites excluding steroid dienone is 2. The van der Waals surface area contributed by atoms with Gasteiger partial charge in [-0.1, -0.05) is 36.4 Å². The maximum Gasteiger partial charge on any atom is 0.355 e. The molecule has 0 fully saturated rings. The van der Waals surface area contributed by atoms with E-state index in [1.54, 1.807) is 23.3 Å². The number of benzene rings is 2. The SMILES string of the molecule is COC(=O)C1=C(C(=O)OC)N(c2ccc3c(c2)nc(C)n3Cc2ccccc2)C=CC=C1. The van der Waals surface area contributed by atoms with Gasteiger partial charge in [-0.2, -0.15) is 0 Å². The number of esters is 2. The van der Waals surface area contributed by atoms with E-state index in [0.29, 0.717) is 12.2 Å². The summed E-state index contributed by atoms with van der Waals surface area (Å²) in [6, 6.07) is 15.9. The van der Waals surface area contributed by atoms with E-state index < -0.39 is 11.9 Å². The molecule has 0 unspecified atom stereocenters. The summed E-state index contributed by atoms with van der Waals surface area (Å²) in [6.07, 6.45) is 6.65. The molecule has 0 N–H and O–H groups in total. The van der Waals surface area contributed by atoms with Crippen molar-refractivity contribution >= 4 is 28.7 Å². The fraction of sp³-hybridized carbons (Fsp3) is 0.160. The first-order valence-electron chi connectivity index (χ1n) is 10.1. The van der Waals surface area contributed by atoms with Crippen molar-refractivity contribution in [2.75, 3.05) is 19.1 Å². The van der Waals surface area contributed by atoms with Gasteiger partial charge in [-0.05, 0) is 42.8 Å². The highest BCUT2D eigenvalue weighted by molar-refractivity contribution is 6.05. The minimum atomic E-state index is -0.646. The maximum absolute atomic E-state index is 12.6. The normalized spacial score (nSPS) is 13.4. The smallest absolute Gasteiger partial charge is 0.355 e. The highest BCUT2D eigenvalue weighted by Gasteiger charge is 2.27. The molecule has 162 valence electrons. The summed E-state index contributed by atoms with van der Waals surface area (Å²) in [4.78, 5) is 31.3. The van der Waals surface area contributed by atoms with Gasteiger partial charge in [-0.25, -0.2) is 14.6 Å². The second kappa shape index (κ2) is 8.93. The summed E-state index contributed by atoms with van der Waals surface area (Å²) < 4.78 is 12.0. The second-order valence-corrected chi connectivity index (χ2v) is 7.22. The van der Waals surface area contributed by atoms with E-state index in [9.17, 15) is 9.59 Å². The van der Waals surface area contributed by atoms with Crippen LogP contribution in [0.3, 0.4) is 0 Å². The van der Waals surface area contributed by atoms with E-state index in [1.807, 2.05) is 43.3 Å². The Morgan fingerprint density at radius 3 is 2.44 bits per heavy atom. The molecule has 0 saturated carbocycles. The standard InChI is InChI=1S/C25H23N3O4/c1-17-26-21-15-19(12-13-22(21)28(17)16-18-9-5-4-6-10-18)27-14-8-7-11-20(24(29)31-2)23(27)25(30)32-3/h4-15H,16H2,1-3H3. The Bertz CT molecular complexity index is 1270. The van der Waals surface area contributed by atoms with Crippen molar-refractivity contribution in [3.05, 3.63) is 95.6 Å². The number of fused-ring (bicyclic) bond motifs is 1. The number of hydrogen-bond donors (Lipinski definition) is 0. The number of hydrogen-bond acceptors (Lipinski definition) is 6. The molecule has 32 heavy (non-hydrogen) atoms. The molecule has 0 amide bonds. The molecular weight excluding hydrogens is 406 g/mol. The number of carbonyl (C=O) groups is 2. The number of methoxy groups -OCH3 is 2. The highest BCUT2D eigenvalue weighted by Crippen LogP contribution is 2.29. The number of carbonyl (C=O) groups excluding carboxylic acids is 2. The average Bonchev–Trinajstić information content (AvgIpc) is 2.98. The van der Waals surface area contributed by atoms with E-state index in [1.165, 1.54) is 25.9 Å². The summed E-state index contributed by atoms with van der Waals surface area (Å²) in [5, 5.41) is 0. The summed E-state index contributed by atoms with van der Waals surface area (Å²) >= 11 is 0. The molecule has 0 aliphatic carbocycles. The maximum atomic E-state index is 12.6. The van der Waals surface area contributed by atoms with Crippen LogP contribution in [0.5, 0.6) is 0 Å². The Labute approximate surface area is 185 Å². The third-order valence-electron chi connectivity index (χ3n) is 5.27. The summed E-state index contributed by atoms with van der Waals surface area (Å²) in [5.41, 5.74) is 3.79. The zero-order valence-corrected chi connectivity index (χ0v) is 18.1. The van der Waals surface area contributed by atoms with Crippen LogP contribution in [0, 0.1) is 6.92 Å². The number of aromatic nitrogens is 2. The van der Waals surface area contributed by atoms with Crippen LogP contribution in [-0.4, -0.2) is 35.7 Å². The Kier molecular flexibility index (Phi) is 5.89. The van der Waals surface area contributed by atoms with Crippen LogP contribution >= 0.6 is 0 Å². The van der Waals surface area contributed by atoms with Gasteiger partial charge in [-0.15, -0.1) is 0 Å². The Morgan fingerprint density at radius 2 is 1.72 bits per heavy atom. The molecule has 1 aliphatic heterocycles. The van der Waals surface area contributed by atoms with Crippen LogP contribution in [0.25, 0.3) is 11.0 Å². The van der Waals surface area contributed by atoms with Crippen molar-refractivity contribution < 1.29 is 19.1 Å². The monoisotopic (exact) mass is 429 g/mol. The van der Waals surface area contributed by atoms with Crippen LogP contribution in [0.2, 0.25) is 0 Å². The van der Waals surface area contributed by atoms with Crippen molar-refractivity contribution in [2.45, 2.75) is 13.5 Å². The Hall–Kier alpha value is -4.13. The molecule has 7 nitrogen and oxygen atoms in total. The van der Waals surface area contributed by atoms with Crippen molar-refractivity contribution in [1.82, 2.24) is 9.55 Å². The number of imidazole rings is 1. The summed E-state index contributed by atoms with van der Waals surface area (Å²) in [6.45, 7) is 2.67. The van der Waals surface area contributed by atoms with Gasteiger partial charge < -0.3 is 18.9 Å². The topological polar surface area (TPSA) is 73.7 Å². The average molecular weight is 429 g/mol. The molecular formula is C25H23N3O4. The molecule has 1 aliphatic rings. The minimum Gasteiger partial charge on any atom is -0.465 e. The van der Waals surface area contributed by atoms with Gasteiger partial charge in [-0.3, -0.25) is 0 Å². The van der Waals surface area contributed by atoms with Crippen molar-refractivity contribution in [3.63, 3.8) is 0 Å². The molecule has 0 saturated heterocycles. The first-order valence-corrected chi connectivity index (χ1v) is 10.1. The molecule has 0 radical (unpaired) electrons. The molecule has 4 rings (SSSR count). The zero-order valence-electron chi connectivity index (χ0n) is 18.1. The number of nitrogens with zero attached hydrogens (tertiary/aromatic N) is 3. The first-order chi connectivity index (χ1) is 15.5. The lowest BCUT2D eigenvalue weighted by molar-refractivity contribution is -0.139. The predicted octanol–water partition coefficient (Wildman–Crippen LogP) is 3.88. The zero-order chi connectivity index (χ0) is 22.7. The van der Waals surface area contributed by atoms with E-state index >= 15 is 0 Å². The quantitative estimate of drug-likeness (QED) is 0.573. The molecule has 2 heterocycles. The van der Waals surface area contributed by atoms with Crippen molar-refractivity contribution in [2.24, 2.45) is 0 Å². The predicted molar refractivity (Wildman–Crippen MR) is 122 cm³/mol. The molecule has 0 spiro atoms. The molecule has 0 atom stereocenters. The van der Waals surface area contributed by atoms with Crippen LogP contribution in [0.1, 0.15) is 11.4 Å². The summed E-state index contributed by atoms with van der Waals surface area (Å²) in [5.74, 6) is -0.389. The lowest BCUT2D eigenvalue weighted by Gasteiger charge is -2.23. The van der Waals surface area contributed by atoms with Gasteiger partial charge in [0.25, 0.3) is 0 Å². The number of ether oxygens (including phenoxy) is 2. The minimum absolute atomic E-state index is 0.0733. The largest absolute Gasteiger partial charge is 0.465 e. The fourth-order valence-electron chi connectivity index (χ4n) is 3.72. The molecule has 3 aromatic rings. The highest BCUT2D eigenvalue weighted by atomic mass is 16.5. The van der Waals surface area contributed by atoms with E-state index in [4.69, 9.17) is 14.5 Å². The van der Waals surface area contributed by atoms with Crippen molar-refractivity contribution in [1.29, 1.82) is 0 Å². The third-order valence-corrected chi connectivity index (χ3v) is 5.27. The van der Waals surface area contributed by atoms with E-state index in [0.717, 1.165) is 16.9 Å². The van der Waals surface area contributed by atoms with Crippen LogP contribution in [0.4, 0.5) is 5.69 Å². The van der Waals surface area contributed by atoms with Crippen LogP contribution in [-0.2, 0) is 25.6 Å². The van der Waals surface area contributed by atoms with E-state index in [-0.39, 0.29) is 11.3 Å². The second-order valence-electron chi connectivity index (χ2n) is 7.22. The molecule has 0 bridgehead atoms. The van der Waals surface area contributed by atoms with Gasteiger partial charge in [0.05, 0.1) is 30.8 Å². The Balaban J connectivity index is 1.80. The van der Waals surface area contributed by atoms with Crippen LogP contribution in [0.15, 0.2) is 84.2 Å². The van der Waals surface area contributed by atoms with Gasteiger partial charge >= 0.3 is 11.9 Å². The Morgan fingerprint density at radius 1 is 0.969 bits per heavy atom. The number of aryl methyl sites for hydroxylation is 1. The molecule has 2 aromatic carbocycles. The number of rotatable bonds is 5. The van der Waals surface area contributed by atoms with Gasteiger partial charge in [0.2, 0.25) is 0 Å². The van der Waals surface area contributed by atoms with Crippen molar-refractivity contribution in [3.8, 4) is 0 Å². The number of anilines is 1. The fourth-order valence-corrected chi connectivity index (χ4v) is 3.72. The lowest BCUT2D eigenvalue weighted by atomic mass is 10.1. The van der Waals surface area contributed by atoms with Gasteiger partial charge in [0, 0.05) is 18.4 Å². The molecule has 7 heteroatoms. The summed E-state index contributed by atoms with van der Waals surface area (Å²) in [7, 11) is 2.55. The lowest BCUT2D eigenvalue weighted by Crippen LogP contribution is -2.26. The van der Waals surface area contributed by atoms with Gasteiger partial charge in [0.15, 0.2) is 0 Å². The first kappa shape index (κ1) is 21.1. The third kappa shape index (κ3) is 3.92. The van der Waals surface area contributed by atoms with Crippen LogP contribution < -0.4 is 4.90 Å². The van der Waals surface area contributed by atoms with Gasteiger partial charge in [0.1, 0.15) is 11.5 Å². The molecule has 1 aromatic heterocycles.